The van der Waals surface area contributed by atoms with E-state index in [1.165, 1.54) is 0 Å². The number of para-hydroxylation sites is 1. The molecule has 0 aromatic heterocycles. The number of nitrogens with one attached hydrogen (secondary N) is 1. The predicted octanol–water partition coefficient (Wildman–Crippen LogP) is 1.77. The van der Waals surface area contributed by atoms with Crippen molar-refractivity contribution < 1.29 is 4.79 Å². The van der Waals surface area contributed by atoms with Crippen LogP contribution in [0.3, 0.4) is 0 Å². The van der Waals surface area contributed by atoms with Gasteiger partial charge in [0.2, 0.25) is 0 Å². The maximum absolute atomic E-state index is 10.3. The molecule has 0 aliphatic carbocycles. The summed E-state index contributed by atoms with van der Waals surface area (Å²) in [6, 6.07) is 9.11. The minimum atomic E-state index is -0.453. The van der Waals surface area contributed by atoms with Crippen molar-refractivity contribution in [3.8, 4) is 0 Å². The Hall–Kier alpha value is -1.09. The van der Waals surface area contributed by atoms with E-state index in [0.717, 1.165) is 5.69 Å². The highest BCUT2D eigenvalue weighted by Gasteiger charge is 1.84. The van der Waals surface area contributed by atoms with Gasteiger partial charge in [-0.3, -0.25) is 0 Å². The third-order valence-electron chi connectivity index (χ3n) is 1.02. The average Bonchev–Trinajstić information content (AvgIpc) is 1.88. The Morgan fingerprint density at radius 3 is 2.40 bits per heavy atom. The van der Waals surface area contributed by atoms with Crippen LogP contribution in [-0.4, -0.2) is 5.24 Å². The van der Waals surface area contributed by atoms with Crippen molar-refractivity contribution in [3.05, 3.63) is 30.3 Å². The van der Waals surface area contributed by atoms with Gasteiger partial charge >= 0.3 is 0 Å². The molecule has 2 nitrogen and oxygen atoms in total. The van der Waals surface area contributed by atoms with E-state index < -0.39 is 5.24 Å². The molecule has 0 aliphatic rings. The third-order valence-corrected chi connectivity index (χ3v) is 1.12. The number of hydrogen-bond donors (Lipinski definition) is 1. The summed E-state index contributed by atoms with van der Waals surface area (Å²) in [6.07, 6.45) is 0. The second-order valence-electron chi connectivity index (χ2n) is 1.78. The van der Waals surface area contributed by atoms with Gasteiger partial charge in [0.15, 0.2) is 0 Å². The Kier molecular flexibility index (Phi) is 2.23. The van der Waals surface area contributed by atoms with E-state index in [2.05, 4.69) is 17.9 Å². The summed E-state index contributed by atoms with van der Waals surface area (Å²) in [5.41, 5.74) is 0.738. The van der Waals surface area contributed by atoms with Gasteiger partial charge in [-0.15, -0.1) is 0 Å². The first-order valence-electron chi connectivity index (χ1n) is 2.82. The summed E-state index contributed by atoms with van der Waals surface area (Å²) in [5.74, 6) is 0. The first-order valence-corrected chi connectivity index (χ1v) is 3.23. The molecular weight excluding hydrogens is 146 g/mol. The fraction of sp³-hybridized carbons (Fsp3) is 0. The van der Waals surface area contributed by atoms with Crippen LogP contribution in [0, 0.1) is 0 Å². The Labute approximate surface area is 64.7 Å². The Morgan fingerprint density at radius 1 is 1.30 bits per heavy atom. The largest absolute Gasteiger partial charge is 0.719 e. The van der Waals surface area contributed by atoms with Gasteiger partial charge < -0.3 is 22.7 Å². The molecule has 0 fully saturated rings. The van der Waals surface area contributed by atoms with Crippen LogP contribution in [0.5, 0.6) is 0 Å². The molecule has 3 heteroatoms. The van der Waals surface area contributed by atoms with Gasteiger partial charge in [0.25, 0.3) is 0 Å². The van der Waals surface area contributed by atoms with Gasteiger partial charge in [-0.2, -0.15) is 0 Å². The predicted molar refractivity (Wildman–Crippen MR) is 42.8 cm³/mol. The number of hydrogen-bond acceptors (Lipinski definition) is 2. The van der Waals surface area contributed by atoms with Crippen molar-refractivity contribution >= 4 is 23.6 Å². The van der Waals surface area contributed by atoms with E-state index >= 15 is 0 Å². The average molecular weight is 152 g/mol. The summed E-state index contributed by atoms with van der Waals surface area (Å²) in [6.45, 7) is 0. The van der Waals surface area contributed by atoms with Gasteiger partial charge in [-0.25, -0.2) is 0 Å². The number of anilines is 1. The van der Waals surface area contributed by atoms with Crippen LogP contribution in [0.25, 0.3) is 0 Å². The lowest BCUT2D eigenvalue weighted by molar-refractivity contribution is 0.270. The maximum Gasteiger partial charge on any atom is 0.102 e. The molecule has 1 aromatic rings. The maximum atomic E-state index is 10.3. The molecule has 52 valence electrons. The van der Waals surface area contributed by atoms with E-state index in [9.17, 15) is 4.79 Å². The third kappa shape index (κ3) is 2.03. The Bertz CT molecular complexity index is 222. The number of benzene rings is 1. The number of carbonyl (C=O) groups is 1. The molecule has 0 saturated heterocycles. The Balaban J connectivity index is 2.67. The zero-order chi connectivity index (χ0) is 7.40. The van der Waals surface area contributed by atoms with Crippen molar-refractivity contribution in [1.29, 1.82) is 0 Å². The summed E-state index contributed by atoms with van der Waals surface area (Å²) in [5, 5.41) is 2.03. The SMILES string of the molecule is O=C([S-])Nc1ccccc1. The molecular formula is C7H6NOS-. The number of amides is 1. The molecule has 0 heterocycles. The highest BCUT2D eigenvalue weighted by atomic mass is 32.1. The first kappa shape index (κ1) is 7.02. The molecule has 0 aliphatic heterocycles. The second-order valence-corrected chi connectivity index (χ2v) is 2.15. The molecule has 10 heavy (non-hydrogen) atoms. The lowest BCUT2D eigenvalue weighted by atomic mass is 10.3. The topological polar surface area (TPSA) is 29.1 Å². The van der Waals surface area contributed by atoms with Crippen molar-refractivity contribution in [3.63, 3.8) is 0 Å². The van der Waals surface area contributed by atoms with E-state index in [0.29, 0.717) is 0 Å². The van der Waals surface area contributed by atoms with E-state index in [-0.39, 0.29) is 0 Å². The molecule has 1 aromatic carbocycles. The van der Waals surface area contributed by atoms with Crippen LogP contribution in [0.4, 0.5) is 10.5 Å². The van der Waals surface area contributed by atoms with Crippen LogP contribution < -0.4 is 5.32 Å². The highest BCUT2D eigenvalue weighted by molar-refractivity contribution is 7.77. The van der Waals surface area contributed by atoms with Gasteiger partial charge in [0.05, 0.1) is 0 Å². The van der Waals surface area contributed by atoms with Crippen LogP contribution in [0.2, 0.25) is 0 Å². The second kappa shape index (κ2) is 3.17. The van der Waals surface area contributed by atoms with E-state index in [1.807, 2.05) is 18.2 Å². The van der Waals surface area contributed by atoms with Gasteiger partial charge in [-0.1, -0.05) is 18.2 Å². The molecule has 1 rings (SSSR count). The van der Waals surface area contributed by atoms with Crippen LogP contribution in [-0.2, 0) is 12.6 Å². The smallest absolute Gasteiger partial charge is 0.102 e. The molecule has 0 radical (unpaired) electrons. The number of carbonyl (C=O) groups excluding carboxylic acids is 1. The summed E-state index contributed by atoms with van der Waals surface area (Å²) in [7, 11) is 0. The van der Waals surface area contributed by atoms with Crippen LogP contribution in [0.15, 0.2) is 30.3 Å². The molecule has 1 amide bonds. The van der Waals surface area contributed by atoms with E-state index in [1.54, 1.807) is 12.1 Å². The fourth-order valence-electron chi connectivity index (χ4n) is 0.639. The summed E-state index contributed by atoms with van der Waals surface area (Å²) in [4.78, 5) is 10.3. The molecule has 0 bridgehead atoms. The van der Waals surface area contributed by atoms with Crippen molar-refractivity contribution in [2.45, 2.75) is 0 Å². The Morgan fingerprint density at radius 2 is 1.90 bits per heavy atom. The molecule has 1 N–H and O–H groups in total. The van der Waals surface area contributed by atoms with Crippen LogP contribution in [0.1, 0.15) is 0 Å². The monoisotopic (exact) mass is 152 g/mol. The minimum Gasteiger partial charge on any atom is -0.719 e. The standard InChI is InChI=1S/C7H7NOS/c9-7(10)8-6-4-2-1-3-5-6/h1-5H,(H2,8,9,10)/p-1. The molecule has 0 unspecified atom stereocenters. The van der Waals surface area contributed by atoms with Gasteiger partial charge in [-0.05, 0) is 12.1 Å². The molecule has 0 spiro atoms. The lowest BCUT2D eigenvalue weighted by Gasteiger charge is -2.05. The van der Waals surface area contributed by atoms with Crippen molar-refractivity contribution in [1.82, 2.24) is 0 Å². The lowest BCUT2D eigenvalue weighted by Crippen LogP contribution is -2.03. The quantitative estimate of drug-likeness (QED) is 0.621. The highest BCUT2D eigenvalue weighted by Crippen LogP contribution is 2.03. The minimum absolute atomic E-state index is 0.453. The van der Waals surface area contributed by atoms with Crippen LogP contribution >= 0.6 is 0 Å². The number of rotatable bonds is 1. The normalized spacial score (nSPS) is 8.80. The molecule has 0 saturated carbocycles. The summed E-state index contributed by atoms with van der Waals surface area (Å²) >= 11 is 4.31. The molecule has 0 atom stereocenters. The summed E-state index contributed by atoms with van der Waals surface area (Å²) < 4.78 is 0. The van der Waals surface area contributed by atoms with Crippen molar-refractivity contribution in [2.75, 3.05) is 5.32 Å². The van der Waals surface area contributed by atoms with Gasteiger partial charge in [0, 0.05) is 5.69 Å². The van der Waals surface area contributed by atoms with Gasteiger partial charge in [0.1, 0.15) is 5.24 Å². The van der Waals surface area contributed by atoms with E-state index in [4.69, 9.17) is 0 Å². The fourth-order valence-corrected chi connectivity index (χ4v) is 0.757. The first-order chi connectivity index (χ1) is 4.79. The zero-order valence-electron chi connectivity index (χ0n) is 5.20. The van der Waals surface area contributed by atoms with Crippen molar-refractivity contribution in [2.24, 2.45) is 0 Å². The zero-order valence-corrected chi connectivity index (χ0v) is 6.02.